The van der Waals surface area contributed by atoms with E-state index in [2.05, 4.69) is 127 Å². The summed E-state index contributed by atoms with van der Waals surface area (Å²) in [5.41, 5.74) is 9.98. The molecular weight excluding hydrogens is 711 g/mol. The molecule has 0 aliphatic carbocycles. The summed E-state index contributed by atoms with van der Waals surface area (Å²) < 4.78 is 13.2. The molecule has 0 N–H and O–H groups in total. The van der Waals surface area contributed by atoms with Crippen molar-refractivity contribution in [1.82, 2.24) is 15.0 Å². The summed E-state index contributed by atoms with van der Waals surface area (Å²) in [5.74, 6) is 1.58. The summed E-state index contributed by atoms with van der Waals surface area (Å²) in [5, 5.41) is 8.56. The first-order chi connectivity index (χ1) is 28.8. The lowest BCUT2D eigenvalue weighted by Gasteiger charge is -2.17. The second kappa shape index (κ2) is 12.8. The highest BCUT2D eigenvalue weighted by Crippen LogP contribution is 2.44. The molecule has 0 atom stereocenters. The summed E-state index contributed by atoms with van der Waals surface area (Å²) in [4.78, 5) is 16.2. The molecule has 3 aromatic heterocycles. The molecule has 0 saturated carbocycles. The monoisotopic (exact) mass is 741 g/mol. The lowest BCUT2D eigenvalue weighted by atomic mass is 9.88. The van der Waals surface area contributed by atoms with Gasteiger partial charge in [-0.3, -0.25) is 0 Å². The summed E-state index contributed by atoms with van der Waals surface area (Å²) in [6, 6.07) is 65.2. The van der Waals surface area contributed by atoms with Crippen LogP contribution in [-0.2, 0) is 0 Å². The van der Waals surface area contributed by atoms with Crippen LogP contribution in [0.5, 0.6) is 0 Å². The lowest BCUT2D eigenvalue weighted by Crippen LogP contribution is -2.02. The van der Waals surface area contributed by atoms with Crippen LogP contribution in [0.15, 0.2) is 197 Å². The molecule has 58 heavy (non-hydrogen) atoms. The molecular formula is C53H31N3O2. The normalized spacial score (nSPS) is 11.8. The van der Waals surface area contributed by atoms with Crippen LogP contribution in [0.2, 0.25) is 0 Å². The minimum atomic E-state index is 0.512. The molecule has 270 valence electrons. The molecule has 0 aliphatic heterocycles. The van der Waals surface area contributed by atoms with Gasteiger partial charge in [-0.15, -0.1) is 0 Å². The van der Waals surface area contributed by atoms with E-state index in [1.54, 1.807) is 0 Å². The number of para-hydroxylation sites is 4. The fourth-order valence-corrected chi connectivity index (χ4v) is 8.73. The van der Waals surface area contributed by atoms with E-state index in [0.29, 0.717) is 17.5 Å². The zero-order chi connectivity index (χ0) is 38.2. The van der Waals surface area contributed by atoms with Crippen LogP contribution in [0, 0.1) is 0 Å². The van der Waals surface area contributed by atoms with E-state index in [1.807, 2.05) is 60.7 Å². The van der Waals surface area contributed by atoms with Crippen molar-refractivity contribution < 1.29 is 8.83 Å². The van der Waals surface area contributed by atoms with E-state index in [-0.39, 0.29) is 0 Å². The first-order valence-corrected chi connectivity index (χ1v) is 19.4. The van der Waals surface area contributed by atoms with Gasteiger partial charge in [-0.2, -0.15) is 0 Å². The van der Waals surface area contributed by atoms with Gasteiger partial charge in [0.05, 0.1) is 11.1 Å². The molecule has 0 spiro atoms. The van der Waals surface area contributed by atoms with Crippen LogP contribution < -0.4 is 0 Å². The third kappa shape index (κ3) is 5.00. The fourth-order valence-electron chi connectivity index (χ4n) is 8.73. The number of aromatic nitrogens is 3. The molecule has 0 fully saturated rings. The van der Waals surface area contributed by atoms with Crippen molar-refractivity contribution in [3.05, 3.63) is 188 Å². The molecule has 5 nitrogen and oxygen atoms in total. The second-order valence-corrected chi connectivity index (χ2v) is 14.6. The minimum Gasteiger partial charge on any atom is -0.455 e. The number of benzene rings is 9. The smallest absolute Gasteiger partial charge is 0.167 e. The third-order valence-corrected chi connectivity index (χ3v) is 11.4. The Hall–Kier alpha value is -7.89. The maximum absolute atomic E-state index is 6.60. The SMILES string of the molecule is c1ccc(-c2cccc3c(-c4nc(-c5cccc6c5oc5ccccc56)nc(-c5cccc6c5oc5ccccc56)n4)c(-c4cccc5ccccc45)ccc23)cc1. The first-order valence-electron chi connectivity index (χ1n) is 19.4. The molecule has 3 heterocycles. The standard InChI is InChI=1S/C53H31N3O2/c1-2-14-32(15-3-1)35-21-11-23-40-37(35)30-31-41(36-22-10-17-33-16-4-5-18-34(33)36)48(40)53-55-51(44-26-12-24-42-38-19-6-8-28-46(38)57-49(42)44)54-52(56-53)45-27-13-25-43-39-20-7-9-29-47(39)58-50(43)45/h1-31H. The zero-order valence-corrected chi connectivity index (χ0v) is 31.1. The highest BCUT2D eigenvalue weighted by atomic mass is 16.3. The molecule has 0 unspecified atom stereocenters. The molecule has 12 aromatic rings. The Morgan fingerprint density at radius 2 is 0.759 bits per heavy atom. The van der Waals surface area contributed by atoms with Crippen molar-refractivity contribution in [2.75, 3.05) is 0 Å². The number of hydrogen-bond acceptors (Lipinski definition) is 5. The highest BCUT2D eigenvalue weighted by Gasteiger charge is 2.24. The van der Waals surface area contributed by atoms with Crippen molar-refractivity contribution in [2.45, 2.75) is 0 Å². The Balaban J connectivity index is 1.21. The molecule has 12 rings (SSSR count). The summed E-state index contributed by atoms with van der Waals surface area (Å²) in [7, 11) is 0. The van der Waals surface area contributed by atoms with Crippen molar-refractivity contribution in [3.63, 3.8) is 0 Å². The van der Waals surface area contributed by atoms with E-state index < -0.39 is 0 Å². The maximum atomic E-state index is 6.60. The fraction of sp³-hybridized carbons (Fsp3) is 0. The van der Waals surface area contributed by atoms with Crippen LogP contribution >= 0.6 is 0 Å². The largest absolute Gasteiger partial charge is 0.455 e. The van der Waals surface area contributed by atoms with E-state index in [1.165, 1.54) is 0 Å². The number of rotatable bonds is 5. The number of nitrogens with zero attached hydrogens (tertiary/aromatic N) is 3. The molecule has 0 aliphatic rings. The predicted octanol–water partition coefficient (Wildman–Crippen LogP) is 14.3. The van der Waals surface area contributed by atoms with Crippen LogP contribution in [0.3, 0.4) is 0 Å². The Bertz CT molecular complexity index is 3450. The van der Waals surface area contributed by atoms with E-state index in [0.717, 1.165) is 104 Å². The predicted molar refractivity (Wildman–Crippen MR) is 237 cm³/mol. The number of fused-ring (bicyclic) bond motifs is 8. The molecule has 0 radical (unpaired) electrons. The summed E-state index contributed by atoms with van der Waals surface area (Å²) in [6.07, 6.45) is 0. The van der Waals surface area contributed by atoms with Gasteiger partial charge in [0.25, 0.3) is 0 Å². The molecule has 0 bridgehead atoms. The topological polar surface area (TPSA) is 65.0 Å². The van der Waals surface area contributed by atoms with E-state index in [9.17, 15) is 0 Å². The van der Waals surface area contributed by atoms with E-state index >= 15 is 0 Å². The van der Waals surface area contributed by atoms with Gasteiger partial charge in [0.1, 0.15) is 22.3 Å². The number of furan rings is 2. The Labute approximate surface area is 332 Å². The van der Waals surface area contributed by atoms with Crippen molar-refractivity contribution in [2.24, 2.45) is 0 Å². The average molecular weight is 742 g/mol. The van der Waals surface area contributed by atoms with Gasteiger partial charge in [-0.05, 0) is 68.1 Å². The van der Waals surface area contributed by atoms with Crippen LogP contribution in [-0.4, -0.2) is 15.0 Å². The summed E-state index contributed by atoms with van der Waals surface area (Å²) >= 11 is 0. The Kier molecular flexibility index (Phi) is 7.16. The van der Waals surface area contributed by atoms with Crippen LogP contribution in [0.4, 0.5) is 0 Å². The van der Waals surface area contributed by atoms with Gasteiger partial charge in [0, 0.05) is 27.1 Å². The first kappa shape index (κ1) is 32.4. The van der Waals surface area contributed by atoms with Gasteiger partial charge in [-0.1, -0.05) is 164 Å². The van der Waals surface area contributed by atoms with Crippen molar-refractivity contribution in [3.8, 4) is 56.4 Å². The average Bonchev–Trinajstić information content (AvgIpc) is 3.87. The minimum absolute atomic E-state index is 0.512. The van der Waals surface area contributed by atoms with Gasteiger partial charge in [0.15, 0.2) is 17.5 Å². The molecule has 0 saturated heterocycles. The van der Waals surface area contributed by atoms with E-state index in [4.69, 9.17) is 23.8 Å². The van der Waals surface area contributed by atoms with Crippen LogP contribution in [0.1, 0.15) is 0 Å². The molecule has 9 aromatic carbocycles. The summed E-state index contributed by atoms with van der Waals surface area (Å²) in [6.45, 7) is 0. The zero-order valence-electron chi connectivity index (χ0n) is 31.1. The lowest BCUT2D eigenvalue weighted by molar-refractivity contribution is 0.669. The highest BCUT2D eigenvalue weighted by molar-refractivity contribution is 6.13. The van der Waals surface area contributed by atoms with Crippen molar-refractivity contribution >= 4 is 65.4 Å². The molecule has 0 amide bonds. The van der Waals surface area contributed by atoms with Gasteiger partial charge in [-0.25, -0.2) is 15.0 Å². The van der Waals surface area contributed by atoms with Crippen molar-refractivity contribution in [1.29, 1.82) is 0 Å². The Morgan fingerprint density at radius 3 is 1.43 bits per heavy atom. The molecule has 5 heteroatoms. The maximum Gasteiger partial charge on any atom is 0.167 e. The van der Waals surface area contributed by atoms with Gasteiger partial charge < -0.3 is 8.83 Å². The quantitative estimate of drug-likeness (QED) is 0.176. The third-order valence-electron chi connectivity index (χ3n) is 11.4. The number of hydrogen-bond donors (Lipinski definition) is 0. The second-order valence-electron chi connectivity index (χ2n) is 14.6. The van der Waals surface area contributed by atoms with Crippen LogP contribution in [0.25, 0.3) is 122 Å². The van der Waals surface area contributed by atoms with Gasteiger partial charge >= 0.3 is 0 Å². The Morgan fingerprint density at radius 1 is 0.276 bits per heavy atom. The van der Waals surface area contributed by atoms with Gasteiger partial charge in [0.2, 0.25) is 0 Å².